The second-order valence-corrected chi connectivity index (χ2v) is 6.57. The molecular formula is C18H26ClN3O2. The molecule has 2 aliphatic rings. The Kier molecular flexibility index (Phi) is 7.06. The van der Waals surface area contributed by atoms with Crippen LogP contribution in [0.15, 0.2) is 24.3 Å². The summed E-state index contributed by atoms with van der Waals surface area (Å²) < 4.78 is 0. The van der Waals surface area contributed by atoms with Crippen LogP contribution in [0.4, 0.5) is 5.69 Å². The topological polar surface area (TPSA) is 70.2 Å². The van der Waals surface area contributed by atoms with Crippen LogP contribution in [-0.2, 0) is 4.79 Å². The summed E-state index contributed by atoms with van der Waals surface area (Å²) >= 11 is 0. The van der Waals surface area contributed by atoms with E-state index in [1.807, 2.05) is 12.1 Å². The zero-order chi connectivity index (χ0) is 16.1. The quantitative estimate of drug-likeness (QED) is 0.781. The molecule has 3 rings (SSSR count). The highest BCUT2D eigenvalue weighted by molar-refractivity contribution is 5.97. The van der Waals surface area contributed by atoms with Gasteiger partial charge in [-0.15, -0.1) is 12.4 Å². The van der Waals surface area contributed by atoms with Crippen LogP contribution in [0.5, 0.6) is 0 Å². The lowest BCUT2D eigenvalue weighted by Gasteiger charge is -2.21. The van der Waals surface area contributed by atoms with Crippen LogP contribution in [-0.4, -0.2) is 30.9 Å². The van der Waals surface area contributed by atoms with Gasteiger partial charge in [-0.2, -0.15) is 0 Å². The number of halogens is 1. The van der Waals surface area contributed by atoms with Gasteiger partial charge in [0.25, 0.3) is 5.91 Å². The molecular weight excluding hydrogens is 326 g/mol. The minimum atomic E-state index is -0.0764. The molecule has 1 atom stereocenters. The van der Waals surface area contributed by atoms with Gasteiger partial charge in [-0.05, 0) is 44.0 Å². The van der Waals surface area contributed by atoms with E-state index < -0.39 is 0 Å². The van der Waals surface area contributed by atoms with E-state index in [0.717, 1.165) is 45.2 Å². The molecule has 24 heavy (non-hydrogen) atoms. The van der Waals surface area contributed by atoms with E-state index in [9.17, 15) is 9.59 Å². The van der Waals surface area contributed by atoms with Gasteiger partial charge in [0.15, 0.2) is 0 Å². The Labute approximate surface area is 149 Å². The monoisotopic (exact) mass is 351 g/mol. The van der Waals surface area contributed by atoms with E-state index in [2.05, 4.69) is 16.0 Å². The van der Waals surface area contributed by atoms with Gasteiger partial charge in [-0.3, -0.25) is 9.59 Å². The Morgan fingerprint density at radius 2 is 1.88 bits per heavy atom. The molecule has 0 radical (unpaired) electrons. The minimum Gasteiger partial charge on any atom is -0.348 e. The molecule has 3 N–H and O–H groups in total. The first-order chi connectivity index (χ1) is 11.2. The highest BCUT2D eigenvalue weighted by Gasteiger charge is 2.21. The summed E-state index contributed by atoms with van der Waals surface area (Å²) in [4.78, 5) is 24.6. The number of hydrogen-bond acceptors (Lipinski definition) is 3. The Balaban J connectivity index is 0.00000208. The van der Waals surface area contributed by atoms with Gasteiger partial charge in [-0.1, -0.05) is 25.3 Å². The zero-order valence-corrected chi connectivity index (χ0v) is 14.7. The van der Waals surface area contributed by atoms with Crippen LogP contribution in [0.3, 0.4) is 0 Å². The largest absolute Gasteiger partial charge is 0.348 e. The maximum Gasteiger partial charge on any atom is 0.251 e. The van der Waals surface area contributed by atoms with Gasteiger partial charge in [-0.25, -0.2) is 0 Å². The van der Waals surface area contributed by atoms with Crippen LogP contribution in [0.1, 0.15) is 48.9 Å². The number of hydrogen-bond donors (Lipinski definition) is 3. The van der Waals surface area contributed by atoms with Crippen molar-refractivity contribution in [2.45, 2.75) is 44.6 Å². The van der Waals surface area contributed by atoms with Crippen molar-refractivity contribution in [2.75, 3.05) is 18.4 Å². The van der Waals surface area contributed by atoms with Crippen LogP contribution in [0.2, 0.25) is 0 Å². The van der Waals surface area contributed by atoms with Crippen LogP contribution in [0, 0.1) is 5.92 Å². The first kappa shape index (κ1) is 18.7. The van der Waals surface area contributed by atoms with Crippen molar-refractivity contribution in [1.82, 2.24) is 10.6 Å². The highest BCUT2D eigenvalue weighted by atomic mass is 35.5. The maximum atomic E-state index is 12.3. The summed E-state index contributed by atoms with van der Waals surface area (Å²) in [7, 11) is 0. The highest BCUT2D eigenvalue weighted by Crippen LogP contribution is 2.25. The van der Waals surface area contributed by atoms with E-state index in [1.165, 1.54) is 6.42 Å². The molecule has 0 bridgehead atoms. The van der Waals surface area contributed by atoms with Crippen molar-refractivity contribution in [3.63, 3.8) is 0 Å². The van der Waals surface area contributed by atoms with Gasteiger partial charge in [0.1, 0.15) is 0 Å². The molecule has 2 fully saturated rings. The summed E-state index contributed by atoms with van der Waals surface area (Å²) in [5.41, 5.74) is 1.30. The van der Waals surface area contributed by atoms with Crippen LogP contribution < -0.4 is 16.0 Å². The lowest BCUT2D eigenvalue weighted by Crippen LogP contribution is -2.36. The average molecular weight is 352 g/mol. The van der Waals surface area contributed by atoms with Gasteiger partial charge < -0.3 is 16.0 Å². The summed E-state index contributed by atoms with van der Waals surface area (Å²) in [6, 6.07) is 7.40. The molecule has 0 aromatic heterocycles. The normalized spacial score (nSPS) is 20.9. The Morgan fingerprint density at radius 3 is 2.58 bits per heavy atom. The number of nitrogens with one attached hydrogen (secondary N) is 3. The number of benzene rings is 1. The van der Waals surface area contributed by atoms with E-state index in [4.69, 9.17) is 0 Å². The van der Waals surface area contributed by atoms with Gasteiger partial charge in [0.2, 0.25) is 5.91 Å². The molecule has 1 heterocycles. The number of carbonyl (C=O) groups excluding carboxylic acids is 2. The predicted octanol–water partition coefficient (Wildman–Crippen LogP) is 2.72. The van der Waals surface area contributed by atoms with Crippen LogP contribution >= 0.6 is 12.4 Å². The third-order valence-electron chi connectivity index (χ3n) is 4.76. The molecule has 1 unspecified atom stereocenters. The molecule has 6 heteroatoms. The Bertz CT molecular complexity index is 567. The lowest BCUT2D eigenvalue weighted by atomic mass is 9.88. The smallest absolute Gasteiger partial charge is 0.251 e. The van der Waals surface area contributed by atoms with Crippen molar-refractivity contribution in [3.8, 4) is 0 Å². The molecule has 1 aliphatic carbocycles. The third-order valence-corrected chi connectivity index (χ3v) is 4.76. The predicted molar refractivity (Wildman–Crippen MR) is 97.6 cm³/mol. The van der Waals surface area contributed by atoms with E-state index >= 15 is 0 Å². The number of carbonyl (C=O) groups is 2. The summed E-state index contributed by atoms with van der Waals surface area (Å²) in [6.07, 6.45) is 6.41. The Hall–Kier alpha value is -1.59. The first-order valence-electron chi connectivity index (χ1n) is 8.65. The SMILES string of the molecule is Cl.O=C(NC1CCNC1)c1cccc(NC(=O)C2CCCCC2)c1. The average Bonchev–Trinajstić information content (AvgIpc) is 3.09. The molecule has 2 amide bonds. The van der Waals surface area contributed by atoms with Gasteiger partial charge in [0.05, 0.1) is 0 Å². The Morgan fingerprint density at radius 1 is 1.08 bits per heavy atom. The molecule has 1 aliphatic heterocycles. The second-order valence-electron chi connectivity index (χ2n) is 6.57. The number of amides is 2. The number of rotatable bonds is 4. The minimum absolute atomic E-state index is 0. The molecule has 1 aromatic carbocycles. The molecule has 5 nitrogen and oxygen atoms in total. The van der Waals surface area contributed by atoms with Gasteiger partial charge in [0, 0.05) is 29.8 Å². The maximum absolute atomic E-state index is 12.3. The molecule has 1 saturated heterocycles. The molecule has 1 aromatic rings. The van der Waals surface area contributed by atoms with Crippen molar-refractivity contribution in [1.29, 1.82) is 0 Å². The molecule has 0 spiro atoms. The standard InChI is InChI=1S/C18H25N3O2.ClH/c22-17(13-5-2-1-3-6-13)20-15-8-4-7-14(11-15)18(23)21-16-9-10-19-12-16;/h4,7-8,11,13,16,19H,1-3,5-6,9-10,12H2,(H,20,22)(H,21,23);1H. The number of anilines is 1. The van der Waals surface area contributed by atoms with E-state index in [-0.39, 0.29) is 36.2 Å². The van der Waals surface area contributed by atoms with Crippen molar-refractivity contribution < 1.29 is 9.59 Å². The molecule has 1 saturated carbocycles. The van der Waals surface area contributed by atoms with E-state index in [0.29, 0.717) is 11.3 Å². The lowest BCUT2D eigenvalue weighted by molar-refractivity contribution is -0.120. The van der Waals surface area contributed by atoms with Crippen LogP contribution in [0.25, 0.3) is 0 Å². The van der Waals surface area contributed by atoms with E-state index in [1.54, 1.807) is 12.1 Å². The second kappa shape index (κ2) is 9.04. The summed E-state index contributed by atoms with van der Waals surface area (Å²) in [5, 5.41) is 9.23. The fourth-order valence-corrected chi connectivity index (χ4v) is 3.39. The van der Waals surface area contributed by atoms with Crippen molar-refractivity contribution in [2.24, 2.45) is 5.92 Å². The fraction of sp³-hybridized carbons (Fsp3) is 0.556. The van der Waals surface area contributed by atoms with Crippen molar-refractivity contribution >= 4 is 29.9 Å². The zero-order valence-electron chi connectivity index (χ0n) is 13.8. The third kappa shape index (κ3) is 4.95. The van der Waals surface area contributed by atoms with Gasteiger partial charge >= 0.3 is 0 Å². The van der Waals surface area contributed by atoms with Crippen molar-refractivity contribution in [3.05, 3.63) is 29.8 Å². The fourth-order valence-electron chi connectivity index (χ4n) is 3.39. The first-order valence-corrected chi connectivity index (χ1v) is 8.65. The summed E-state index contributed by atoms with van der Waals surface area (Å²) in [5.74, 6) is 0.125. The summed E-state index contributed by atoms with van der Waals surface area (Å²) in [6.45, 7) is 1.77. The molecule has 132 valence electrons.